The number of anilines is 1. The minimum atomic E-state index is -4.93. The van der Waals surface area contributed by atoms with Crippen molar-refractivity contribution in [2.45, 2.75) is 101 Å². The number of carbonyl (C=O) groups excluding carboxylic acids is 3. The second-order valence-electron chi connectivity index (χ2n) is 19.2. The number of ether oxygens (including phenoxy) is 4. The van der Waals surface area contributed by atoms with Gasteiger partial charge in [0.05, 0.1) is 70.8 Å². The zero-order valence-corrected chi connectivity index (χ0v) is 45.0. The summed E-state index contributed by atoms with van der Waals surface area (Å²) in [5.41, 5.74) is 1.44. The molecule has 410 valence electrons. The molecule has 0 radical (unpaired) electrons. The summed E-state index contributed by atoms with van der Waals surface area (Å²) in [5, 5.41) is 1.18. The Labute approximate surface area is 433 Å². The van der Waals surface area contributed by atoms with Crippen LogP contribution in [-0.2, 0) is 79.4 Å². The van der Waals surface area contributed by atoms with E-state index < -0.39 is 75.4 Å². The lowest BCUT2D eigenvalue weighted by atomic mass is 9.77. The lowest BCUT2D eigenvalue weighted by Crippen LogP contribution is -2.35. The molecule has 1 saturated heterocycles. The third-order valence-electron chi connectivity index (χ3n) is 12.5. The molecule has 1 atom stereocenters. The number of methoxy groups -OCH3 is 1. The minimum absolute atomic E-state index is 0.0364. The SMILES string of the molecule is COCCOCCOCCOCC[N+](CCCS(=O)(=O)[O-])=c1ccc2c(/C=C/C=C3\N(CCCCCC(=O)ON4C(=O)CCC4=O)c4ccc(S(=O)(=O)[O-])cc4C3(C)CCCS(=O)(=O)[O-])cc(C(C)(C)C)oc-2c1. The maximum atomic E-state index is 12.5. The quantitative estimate of drug-likeness (QED) is 0.0392. The van der Waals surface area contributed by atoms with Crippen LogP contribution in [0.1, 0.15) is 102 Å². The first-order valence-electron chi connectivity index (χ1n) is 24.4. The van der Waals surface area contributed by atoms with Gasteiger partial charge in [-0.2, -0.15) is 0 Å². The number of amides is 2. The fraction of sp³-hybridized carbons (Fsp3) is 0.560. The van der Waals surface area contributed by atoms with E-state index >= 15 is 0 Å². The largest absolute Gasteiger partial charge is 0.748 e. The Balaban J connectivity index is 1.48. The number of hydrogen-bond acceptors (Lipinski definition) is 19. The topological polar surface area (TPSA) is 292 Å². The molecule has 0 saturated carbocycles. The van der Waals surface area contributed by atoms with Gasteiger partial charge < -0.3 is 46.8 Å². The molecule has 0 bridgehead atoms. The summed E-state index contributed by atoms with van der Waals surface area (Å²) in [5.74, 6) is -2.04. The fourth-order valence-electron chi connectivity index (χ4n) is 8.62. The molecule has 2 amide bonds. The average molecular weight is 1090 g/mol. The van der Waals surface area contributed by atoms with Crippen molar-refractivity contribution in [3.8, 4) is 11.3 Å². The van der Waals surface area contributed by atoms with E-state index in [-0.39, 0.29) is 51.7 Å². The predicted octanol–water partition coefficient (Wildman–Crippen LogP) is 4.16. The Morgan fingerprint density at radius 3 is 2.04 bits per heavy atom. The Kier molecular flexibility index (Phi) is 21.7. The van der Waals surface area contributed by atoms with Crippen molar-refractivity contribution in [3.63, 3.8) is 0 Å². The van der Waals surface area contributed by atoms with Crippen LogP contribution >= 0.6 is 0 Å². The van der Waals surface area contributed by atoms with E-state index in [1.54, 1.807) is 20.1 Å². The van der Waals surface area contributed by atoms with Gasteiger partial charge in [-0.1, -0.05) is 39.3 Å². The molecule has 3 aliphatic heterocycles. The van der Waals surface area contributed by atoms with Gasteiger partial charge in [-0.3, -0.25) is 9.59 Å². The van der Waals surface area contributed by atoms with Crippen LogP contribution in [0, 0.1) is 0 Å². The van der Waals surface area contributed by atoms with Crippen LogP contribution in [0.25, 0.3) is 17.4 Å². The van der Waals surface area contributed by atoms with Crippen molar-refractivity contribution in [1.29, 1.82) is 0 Å². The standard InChI is InChI=1S/C50H69N3O18S3/c1-49(2,3)45-34-37(40-17-15-38(35-43(40)70-45)51(22-11-33-73(60,61)62)24-25-67-28-29-69-31-30-68-27-26-66-5)12-9-13-44-50(4,21-10-32-72(57,58)59)41-36-39(74(63,64)65)16-18-42(41)52(44)23-8-6-7-14-48(56)71-53-46(54)19-20-47(53)55/h9,12-13,15-18,34-36H,6-8,10-11,14,19-33H2,1-5H3,(H2-,57,58,59,60,61,62,63,64,65)/p-2. The summed E-state index contributed by atoms with van der Waals surface area (Å²) in [6.07, 6.45) is 6.64. The van der Waals surface area contributed by atoms with Gasteiger partial charge in [0.15, 0.2) is 6.54 Å². The predicted molar refractivity (Wildman–Crippen MR) is 268 cm³/mol. The first kappa shape index (κ1) is 60.0. The number of rotatable bonds is 30. The van der Waals surface area contributed by atoms with Gasteiger partial charge >= 0.3 is 5.97 Å². The van der Waals surface area contributed by atoms with Crippen LogP contribution in [0.15, 0.2) is 69.6 Å². The van der Waals surface area contributed by atoms with Gasteiger partial charge in [0.1, 0.15) is 34.8 Å². The third kappa shape index (κ3) is 17.9. The highest BCUT2D eigenvalue weighted by molar-refractivity contribution is 7.86. The van der Waals surface area contributed by atoms with E-state index in [2.05, 4.69) is 0 Å². The van der Waals surface area contributed by atoms with Gasteiger partial charge in [-0.25, -0.2) is 34.6 Å². The molecular formula is C50H67N3O18S3-2. The molecule has 5 rings (SSSR count). The number of carbonyl (C=O) groups is 3. The number of nitrogens with zero attached hydrogens (tertiary/aromatic N) is 3. The summed E-state index contributed by atoms with van der Waals surface area (Å²) >= 11 is 0. The van der Waals surface area contributed by atoms with E-state index in [1.165, 1.54) is 18.2 Å². The molecule has 4 aliphatic rings. The highest BCUT2D eigenvalue weighted by Gasteiger charge is 2.43. The zero-order valence-electron chi connectivity index (χ0n) is 42.5. The van der Waals surface area contributed by atoms with Crippen LogP contribution in [0.2, 0.25) is 0 Å². The van der Waals surface area contributed by atoms with Crippen molar-refractivity contribution in [2.24, 2.45) is 0 Å². The smallest absolute Gasteiger partial charge is 0.333 e. The molecule has 0 aromatic heterocycles. The first-order chi connectivity index (χ1) is 34.8. The molecule has 74 heavy (non-hydrogen) atoms. The molecule has 3 heterocycles. The Morgan fingerprint density at radius 1 is 0.784 bits per heavy atom. The number of benzene rings is 2. The molecule has 0 N–H and O–H groups in total. The number of unbranched alkanes of at least 4 members (excludes halogenated alkanes) is 2. The van der Waals surface area contributed by atoms with Crippen molar-refractivity contribution >= 4 is 59.9 Å². The summed E-state index contributed by atoms with van der Waals surface area (Å²) in [6, 6.07) is 11.5. The molecule has 21 nitrogen and oxygen atoms in total. The second-order valence-corrected chi connectivity index (χ2v) is 23.6. The van der Waals surface area contributed by atoms with Crippen LogP contribution < -0.4 is 14.8 Å². The number of hydroxylamine groups is 2. The van der Waals surface area contributed by atoms with E-state index in [9.17, 15) is 53.3 Å². The normalized spacial score (nSPS) is 17.6. The van der Waals surface area contributed by atoms with Gasteiger partial charge in [0, 0.05) is 84.7 Å². The van der Waals surface area contributed by atoms with Gasteiger partial charge in [0.2, 0.25) is 5.36 Å². The zero-order chi connectivity index (χ0) is 54.3. The highest BCUT2D eigenvalue weighted by Crippen LogP contribution is 2.51. The lowest BCUT2D eigenvalue weighted by molar-refractivity contribution is -0.197. The van der Waals surface area contributed by atoms with Crippen molar-refractivity contribution in [3.05, 3.63) is 82.6 Å². The average Bonchev–Trinajstić information content (AvgIpc) is 3.74. The number of imide groups is 1. The summed E-state index contributed by atoms with van der Waals surface area (Å²) in [7, 11) is -12.4. The van der Waals surface area contributed by atoms with Gasteiger partial charge in [-0.05, 0) is 80.1 Å². The summed E-state index contributed by atoms with van der Waals surface area (Å²) in [6.45, 7) is 11.3. The molecule has 1 unspecified atom stereocenters. The molecular weight excluding hydrogens is 1030 g/mol. The molecule has 1 aliphatic carbocycles. The van der Waals surface area contributed by atoms with E-state index in [1.807, 2.05) is 66.7 Å². The van der Waals surface area contributed by atoms with Gasteiger partial charge in [-0.15, -0.1) is 5.06 Å². The van der Waals surface area contributed by atoms with Crippen molar-refractivity contribution in [2.75, 3.05) is 89.4 Å². The van der Waals surface area contributed by atoms with Crippen LogP contribution in [-0.4, -0.2) is 146 Å². The van der Waals surface area contributed by atoms with Gasteiger partial charge in [0.25, 0.3) is 11.8 Å². The summed E-state index contributed by atoms with van der Waals surface area (Å²) < 4.78 is 137. The van der Waals surface area contributed by atoms with Crippen LogP contribution in [0.3, 0.4) is 0 Å². The van der Waals surface area contributed by atoms with Crippen LogP contribution in [0.5, 0.6) is 0 Å². The van der Waals surface area contributed by atoms with E-state index in [0.717, 1.165) is 5.56 Å². The third-order valence-corrected chi connectivity index (χ3v) is 14.9. The van der Waals surface area contributed by atoms with E-state index in [0.29, 0.717) is 116 Å². The Bertz CT molecular complexity index is 2870. The first-order valence-corrected chi connectivity index (χ1v) is 29.0. The number of allylic oxidation sites excluding steroid dienone is 3. The molecule has 24 heteroatoms. The lowest BCUT2D eigenvalue weighted by Gasteiger charge is -2.31. The maximum Gasteiger partial charge on any atom is 0.333 e. The molecule has 1 aromatic rings. The van der Waals surface area contributed by atoms with E-state index in [4.69, 9.17) is 28.2 Å². The Morgan fingerprint density at radius 2 is 1.42 bits per heavy atom. The maximum absolute atomic E-state index is 12.5. The Hall–Kier alpha value is -4.89. The van der Waals surface area contributed by atoms with Crippen molar-refractivity contribution < 1.29 is 81.5 Å². The second kappa shape index (κ2) is 26.7. The molecule has 1 fully saturated rings. The monoisotopic (exact) mass is 1090 g/mol. The van der Waals surface area contributed by atoms with Crippen LogP contribution in [0.4, 0.5) is 5.69 Å². The number of fused-ring (bicyclic) bond motifs is 2. The number of hydrogen-bond donors (Lipinski definition) is 0. The highest BCUT2D eigenvalue weighted by atomic mass is 32.2. The molecule has 0 spiro atoms. The molecule has 1 aromatic carbocycles. The minimum Gasteiger partial charge on any atom is -0.748 e. The summed E-state index contributed by atoms with van der Waals surface area (Å²) in [4.78, 5) is 42.8. The fourth-order valence-corrected chi connectivity index (χ4v) is 10.1. The van der Waals surface area contributed by atoms with Crippen molar-refractivity contribution in [1.82, 2.24) is 9.64 Å².